The van der Waals surface area contributed by atoms with E-state index in [4.69, 9.17) is 9.47 Å². The van der Waals surface area contributed by atoms with E-state index in [-0.39, 0.29) is 18.2 Å². The highest BCUT2D eigenvalue weighted by atomic mass is 32.2. The van der Waals surface area contributed by atoms with Crippen LogP contribution in [0.15, 0.2) is 41.3 Å². The third kappa shape index (κ3) is 4.48. The normalized spacial score (nSPS) is 20.0. The van der Waals surface area contributed by atoms with Gasteiger partial charge in [-0.1, -0.05) is 24.6 Å². The van der Waals surface area contributed by atoms with Crippen LogP contribution < -0.4 is 4.74 Å². The number of esters is 1. The molecule has 4 rings (SSSR count). The Balaban J connectivity index is 1.47. The fourth-order valence-corrected chi connectivity index (χ4v) is 7.01. The van der Waals surface area contributed by atoms with Crippen LogP contribution in [0, 0.1) is 0 Å². The number of hydrogen-bond acceptors (Lipinski definition) is 3. The van der Waals surface area contributed by atoms with Crippen LogP contribution in [-0.4, -0.2) is 29.7 Å². The van der Waals surface area contributed by atoms with Crippen molar-refractivity contribution in [2.24, 2.45) is 0 Å². The molecule has 2 aliphatic rings. The number of benzene rings is 2. The number of ether oxygens (including phenoxy) is 2. The monoisotopic (exact) mass is 399 g/mol. The van der Waals surface area contributed by atoms with Gasteiger partial charge >= 0.3 is 5.97 Å². The highest BCUT2D eigenvalue weighted by molar-refractivity contribution is 7.97. The molecule has 0 spiro atoms. The van der Waals surface area contributed by atoms with E-state index in [0.29, 0.717) is 10.9 Å². The summed E-state index contributed by atoms with van der Waals surface area (Å²) in [6.45, 7) is 2.03. The zero-order valence-corrected chi connectivity index (χ0v) is 17.7. The van der Waals surface area contributed by atoms with Crippen molar-refractivity contribution in [1.82, 2.24) is 0 Å². The van der Waals surface area contributed by atoms with Gasteiger partial charge in [-0.2, -0.15) is 0 Å². The summed E-state index contributed by atoms with van der Waals surface area (Å²) in [5.74, 6) is 3.13. The van der Waals surface area contributed by atoms with Crippen LogP contribution in [-0.2, 0) is 20.4 Å². The maximum atomic E-state index is 12.4. The molecule has 1 aliphatic carbocycles. The molecule has 4 heteroatoms. The first-order valence-corrected chi connectivity index (χ1v) is 12.2. The third-order valence-corrected chi connectivity index (χ3v) is 8.59. The van der Waals surface area contributed by atoms with Crippen molar-refractivity contribution in [3.8, 4) is 5.75 Å². The fourth-order valence-electron chi connectivity index (χ4n) is 4.52. The van der Waals surface area contributed by atoms with E-state index in [9.17, 15) is 4.79 Å². The van der Waals surface area contributed by atoms with Crippen LogP contribution >= 0.6 is 0 Å². The molecule has 0 radical (unpaired) electrons. The quantitative estimate of drug-likeness (QED) is 0.482. The first-order chi connectivity index (χ1) is 13.6. The summed E-state index contributed by atoms with van der Waals surface area (Å²) < 4.78 is 11.7. The molecule has 0 atom stereocenters. The van der Waals surface area contributed by atoms with Gasteiger partial charge in [0.1, 0.15) is 22.9 Å². The molecule has 1 saturated carbocycles. The standard InChI is InChI=1S/C24H31O3S/c1-24(14-6-2-7-15-24)27-23(25)18-26-21-12-13-22(28-16-8-3-9-17-28)20-11-5-4-10-19(20)21/h4-5,10-13H,2-3,6-9,14-18H2,1H3/q+1. The molecule has 0 aromatic heterocycles. The Bertz CT molecular complexity index is 820. The predicted octanol–water partition coefficient (Wildman–Crippen LogP) is 5.65. The van der Waals surface area contributed by atoms with E-state index in [1.807, 2.05) is 6.07 Å². The van der Waals surface area contributed by atoms with Gasteiger partial charge in [-0.15, -0.1) is 0 Å². The molecular weight excluding hydrogens is 368 g/mol. The highest BCUT2D eigenvalue weighted by Gasteiger charge is 2.31. The second-order valence-electron chi connectivity index (χ2n) is 8.34. The van der Waals surface area contributed by atoms with Crippen LogP contribution in [0.1, 0.15) is 58.3 Å². The second kappa shape index (κ2) is 8.77. The Kier molecular flexibility index (Phi) is 6.15. The minimum atomic E-state index is -0.313. The summed E-state index contributed by atoms with van der Waals surface area (Å²) in [6.07, 6.45) is 9.46. The molecule has 0 unspecified atom stereocenters. The molecule has 2 aromatic rings. The lowest BCUT2D eigenvalue weighted by Crippen LogP contribution is -2.35. The van der Waals surface area contributed by atoms with Gasteiger partial charge in [0.15, 0.2) is 11.5 Å². The summed E-state index contributed by atoms with van der Waals surface area (Å²) in [7, 11) is 0.339. The molecule has 0 N–H and O–H groups in total. The van der Waals surface area contributed by atoms with Gasteiger partial charge in [-0.25, -0.2) is 4.79 Å². The molecule has 2 fully saturated rings. The van der Waals surface area contributed by atoms with E-state index >= 15 is 0 Å². The maximum absolute atomic E-state index is 12.4. The lowest BCUT2D eigenvalue weighted by molar-refractivity contribution is -0.163. The van der Waals surface area contributed by atoms with Crippen molar-refractivity contribution in [3.05, 3.63) is 36.4 Å². The number of hydrogen-bond donors (Lipinski definition) is 0. The largest absolute Gasteiger partial charge is 0.481 e. The van der Waals surface area contributed by atoms with E-state index in [0.717, 1.165) is 36.8 Å². The summed E-state index contributed by atoms with van der Waals surface area (Å²) in [5.41, 5.74) is -0.313. The first kappa shape index (κ1) is 19.6. The first-order valence-electron chi connectivity index (χ1n) is 10.7. The van der Waals surface area contributed by atoms with Crippen molar-refractivity contribution in [3.63, 3.8) is 0 Å². The highest BCUT2D eigenvalue weighted by Crippen LogP contribution is 2.35. The molecule has 2 aromatic carbocycles. The van der Waals surface area contributed by atoms with Crippen molar-refractivity contribution >= 4 is 27.6 Å². The van der Waals surface area contributed by atoms with Gasteiger partial charge < -0.3 is 9.47 Å². The van der Waals surface area contributed by atoms with Crippen molar-refractivity contribution in [1.29, 1.82) is 0 Å². The van der Waals surface area contributed by atoms with E-state index in [1.54, 1.807) is 0 Å². The zero-order chi connectivity index (χ0) is 19.4. The minimum absolute atomic E-state index is 0.0232. The Hall–Kier alpha value is -1.68. The summed E-state index contributed by atoms with van der Waals surface area (Å²) >= 11 is 0. The predicted molar refractivity (Wildman–Crippen MR) is 116 cm³/mol. The smallest absolute Gasteiger partial charge is 0.344 e. The summed E-state index contributed by atoms with van der Waals surface area (Å²) in [4.78, 5) is 13.9. The van der Waals surface area contributed by atoms with Crippen molar-refractivity contribution < 1.29 is 14.3 Å². The van der Waals surface area contributed by atoms with Crippen molar-refractivity contribution in [2.75, 3.05) is 18.1 Å². The Morgan fingerprint density at radius 2 is 1.61 bits per heavy atom. The zero-order valence-electron chi connectivity index (χ0n) is 16.9. The molecule has 3 nitrogen and oxygen atoms in total. The van der Waals surface area contributed by atoms with E-state index in [2.05, 4.69) is 37.3 Å². The average molecular weight is 400 g/mol. The molecule has 1 heterocycles. The molecule has 150 valence electrons. The van der Waals surface area contributed by atoms with Crippen LogP contribution in [0.4, 0.5) is 0 Å². The molecule has 0 bridgehead atoms. The number of carbonyl (C=O) groups is 1. The molecule has 28 heavy (non-hydrogen) atoms. The third-order valence-electron chi connectivity index (χ3n) is 6.05. The SMILES string of the molecule is CC1(OC(=O)COc2ccc([S+]3CCCCC3)c3ccccc23)CCCCC1. The number of fused-ring (bicyclic) bond motifs is 1. The van der Waals surface area contributed by atoms with Gasteiger partial charge in [-0.3, -0.25) is 0 Å². The topological polar surface area (TPSA) is 35.5 Å². The number of rotatable bonds is 5. The van der Waals surface area contributed by atoms with Gasteiger partial charge in [0, 0.05) is 21.7 Å². The van der Waals surface area contributed by atoms with Crippen LogP contribution in [0.5, 0.6) is 5.75 Å². The van der Waals surface area contributed by atoms with Gasteiger partial charge in [0.25, 0.3) is 0 Å². The lowest BCUT2D eigenvalue weighted by Gasteiger charge is -2.33. The molecular formula is C24H31O3S+. The minimum Gasteiger partial charge on any atom is -0.481 e. The van der Waals surface area contributed by atoms with Crippen LogP contribution in [0.2, 0.25) is 0 Å². The van der Waals surface area contributed by atoms with E-state index in [1.165, 1.54) is 47.5 Å². The number of carbonyl (C=O) groups excluding carboxylic acids is 1. The second-order valence-corrected chi connectivity index (χ2v) is 10.6. The van der Waals surface area contributed by atoms with Gasteiger partial charge in [0.2, 0.25) is 0 Å². The maximum Gasteiger partial charge on any atom is 0.344 e. The lowest BCUT2D eigenvalue weighted by atomic mass is 9.86. The summed E-state index contributed by atoms with van der Waals surface area (Å²) in [6, 6.07) is 12.7. The van der Waals surface area contributed by atoms with Gasteiger partial charge in [-0.05, 0) is 70.1 Å². The van der Waals surface area contributed by atoms with Crippen molar-refractivity contribution in [2.45, 2.75) is 68.8 Å². The van der Waals surface area contributed by atoms with E-state index < -0.39 is 0 Å². The summed E-state index contributed by atoms with van der Waals surface area (Å²) in [5, 5.41) is 2.38. The van der Waals surface area contributed by atoms with Crippen LogP contribution in [0.3, 0.4) is 0 Å². The molecule has 1 saturated heterocycles. The average Bonchev–Trinajstić information content (AvgIpc) is 2.73. The fraction of sp³-hybridized carbons (Fsp3) is 0.542. The van der Waals surface area contributed by atoms with Crippen LogP contribution in [0.25, 0.3) is 10.8 Å². The Labute approximate surface area is 171 Å². The molecule has 0 amide bonds. The Morgan fingerprint density at radius 1 is 0.929 bits per heavy atom. The molecule has 1 aliphatic heterocycles. The van der Waals surface area contributed by atoms with Gasteiger partial charge in [0.05, 0.1) is 0 Å². The Morgan fingerprint density at radius 3 is 2.36 bits per heavy atom.